The van der Waals surface area contributed by atoms with Crippen LogP contribution in [0.1, 0.15) is 238 Å². The molecule has 16 heteroatoms. The lowest BCUT2D eigenvalue weighted by atomic mass is 9.73. The first-order valence-electron chi connectivity index (χ1n) is 29.2. The van der Waals surface area contributed by atoms with Crippen molar-refractivity contribution in [2.45, 2.75) is 262 Å². The van der Waals surface area contributed by atoms with E-state index in [1.807, 2.05) is 12.1 Å². The maximum Gasteiger partial charge on any atom is 0.407 e. The van der Waals surface area contributed by atoms with Crippen molar-refractivity contribution in [3.05, 3.63) is 33.4 Å². The fraction of sp³-hybridized carbons (Fsp3) is 0.774. The molecule has 0 bridgehead atoms. The topological polar surface area (TPSA) is 215 Å². The number of carbonyl (C=O) groups excluding carboxylic acids is 8. The summed E-state index contributed by atoms with van der Waals surface area (Å²) in [4.78, 5) is 105. The summed E-state index contributed by atoms with van der Waals surface area (Å²) < 4.78 is 11.9. The van der Waals surface area contributed by atoms with E-state index < -0.39 is 46.9 Å². The number of hydrogen-bond donors (Lipinski definition) is 5. The molecule has 3 unspecified atom stereocenters. The summed E-state index contributed by atoms with van der Waals surface area (Å²) in [5.41, 5.74) is -0.438. The molecule has 0 saturated carbocycles. The van der Waals surface area contributed by atoms with Gasteiger partial charge in [-0.1, -0.05) is 100 Å². The molecule has 446 valence electrons. The lowest BCUT2D eigenvalue weighted by Gasteiger charge is -2.35. The van der Waals surface area contributed by atoms with Gasteiger partial charge >= 0.3 is 12.1 Å². The van der Waals surface area contributed by atoms with Gasteiger partial charge in [0, 0.05) is 67.3 Å². The van der Waals surface area contributed by atoms with E-state index in [4.69, 9.17) is 9.47 Å². The van der Waals surface area contributed by atoms with Crippen LogP contribution in [0.3, 0.4) is 0 Å². The van der Waals surface area contributed by atoms with Gasteiger partial charge in [0.15, 0.2) is 0 Å². The Hall–Kier alpha value is -4.09. The first kappa shape index (κ1) is 71.9. The van der Waals surface area contributed by atoms with Crippen LogP contribution < -0.4 is 26.6 Å². The Morgan fingerprint density at radius 3 is 1.62 bits per heavy atom. The van der Waals surface area contributed by atoms with E-state index in [-0.39, 0.29) is 71.0 Å². The summed E-state index contributed by atoms with van der Waals surface area (Å²) in [6, 6.07) is 6.87. The fourth-order valence-electron chi connectivity index (χ4n) is 8.86. The third-order valence-corrected chi connectivity index (χ3v) is 14.4. The van der Waals surface area contributed by atoms with Crippen LogP contribution in [0, 0.1) is 31.7 Å². The van der Waals surface area contributed by atoms with Crippen LogP contribution in [0.2, 0.25) is 0 Å². The van der Waals surface area contributed by atoms with Crippen molar-refractivity contribution >= 4 is 69.8 Å². The van der Waals surface area contributed by atoms with Gasteiger partial charge in [-0.3, -0.25) is 28.8 Å². The molecule has 0 radical (unpaired) electrons. The molecule has 5 N–H and O–H groups in total. The Balaban J connectivity index is 2.81. The molecule has 78 heavy (non-hydrogen) atoms. The summed E-state index contributed by atoms with van der Waals surface area (Å²) in [7, 11) is 0. The quantitative estimate of drug-likeness (QED) is 0.0185. The van der Waals surface area contributed by atoms with Crippen molar-refractivity contribution in [1.29, 1.82) is 0 Å². The van der Waals surface area contributed by atoms with Crippen LogP contribution in [-0.4, -0.2) is 90.2 Å². The van der Waals surface area contributed by atoms with Gasteiger partial charge in [0.2, 0.25) is 23.6 Å². The summed E-state index contributed by atoms with van der Waals surface area (Å²) in [5, 5.41) is 14.8. The number of ketones is 2. The number of alkyl carbamates (subject to hydrolysis) is 1. The first-order chi connectivity index (χ1) is 36.0. The second-order valence-corrected chi connectivity index (χ2v) is 28.1. The van der Waals surface area contributed by atoms with E-state index in [1.54, 1.807) is 41.5 Å². The number of benzene rings is 1. The van der Waals surface area contributed by atoms with Gasteiger partial charge in [-0.2, -0.15) is 0 Å². The van der Waals surface area contributed by atoms with Crippen LogP contribution in [0.5, 0.6) is 0 Å². The minimum absolute atomic E-state index is 0.00391. The predicted octanol–water partition coefficient (Wildman–Crippen LogP) is 12.2. The zero-order valence-corrected chi connectivity index (χ0v) is 53.2. The molecule has 0 fully saturated rings. The smallest absolute Gasteiger partial charge is 0.407 e. The molecule has 5 amide bonds. The average Bonchev–Trinajstić information content (AvgIpc) is 3.29. The first-order valence-corrected chi connectivity index (χ1v) is 30.3. The molecule has 4 atom stereocenters. The van der Waals surface area contributed by atoms with Crippen molar-refractivity contribution in [1.82, 2.24) is 26.6 Å². The maximum absolute atomic E-state index is 14.1. The number of halogens is 1. The highest BCUT2D eigenvalue weighted by molar-refractivity contribution is 14.1. The van der Waals surface area contributed by atoms with Crippen molar-refractivity contribution in [2.24, 2.45) is 28.1 Å². The number of nitrogens with one attached hydrogen (secondary N) is 5. The van der Waals surface area contributed by atoms with E-state index >= 15 is 0 Å². The van der Waals surface area contributed by atoms with Gasteiger partial charge < -0.3 is 36.1 Å². The van der Waals surface area contributed by atoms with Gasteiger partial charge in [-0.05, 0) is 181 Å². The molecule has 1 aromatic carbocycles. The van der Waals surface area contributed by atoms with Crippen LogP contribution in [0.25, 0.3) is 0 Å². The van der Waals surface area contributed by atoms with E-state index in [9.17, 15) is 38.4 Å². The molecule has 0 aliphatic heterocycles. The summed E-state index contributed by atoms with van der Waals surface area (Å²) in [6.45, 7) is 31.1. The molecule has 0 saturated heterocycles. The Morgan fingerprint density at radius 1 is 0.513 bits per heavy atom. The van der Waals surface area contributed by atoms with E-state index in [2.05, 4.69) is 124 Å². The van der Waals surface area contributed by atoms with Crippen molar-refractivity contribution in [3.8, 4) is 0 Å². The zero-order chi connectivity index (χ0) is 59.3. The number of carbonyl (C=O) groups is 8. The van der Waals surface area contributed by atoms with E-state index in [0.717, 1.165) is 48.5 Å². The van der Waals surface area contributed by atoms with Gasteiger partial charge in [-0.25, -0.2) is 9.59 Å². The number of Topliss-reactive ketones (excluding diaryl/α,β-unsaturated/α-hetero) is 2. The maximum atomic E-state index is 14.1. The summed E-state index contributed by atoms with van der Waals surface area (Å²) in [6.07, 6.45) is 11.3. The highest BCUT2D eigenvalue weighted by Gasteiger charge is 2.34. The third-order valence-electron chi connectivity index (χ3n) is 13.6. The SMILES string of the molecule is CC(C)(C)CCC(CC(=O)NC(CCC(=O)NCCCCCCCC(=O)CC(CCCCNC(=O)OC(C)(C)C)C(=O)N[C@@H](CCCCNC(=O)CCCc1ccc(I)cc1)C(=O)C(=O)OC(C)(C)C)C(C)(C)C)C(C)(C)C. The minimum Gasteiger partial charge on any atom is -0.454 e. The van der Waals surface area contributed by atoms with Gasteiger partial charge in [0.1, 0.15) is 17.0 Å². The number of unbranched alkanes of at least 4 members (excludes halogenated alkanes) is 6. The monoisotopic (exact) mass is 1210 g/mol. The normalized spacial score (nSPS) is 13.8. The number of hydrogen-bond acceptors (Lipinski definition) is 10. The number of rotatable bonds is 36. The van der Waals surface area contributed by atoms with Crippen LogP contribution in [-0.2, 0) is 49.5 Å². The molecular formula is C62H106IN5O10. The second-order valence-electron chi connectivity index (χ2n) is 26.9. The average molecular weight is 1210 g/mol. The summed E-state index contributed by atoms with van der Waals surface area (Å²) >= 11 is 2.26. The lowest BCUT2D eigenvalue weighted by Crippen LogP contribution is -2.48. The largest absolute Gasteiger partial charge is 0.454 e. The zero-order valence-electron chi connectivity index (χ0n) is 51.0. The third kappa shape index (κ3) is 36.2. The van der Waals surface area contributed by atoms with Crippen LogP contribution in [0.4, 0.5) is 4.79 Å². The van der Waals surface area contributed by atoms with E-state index in [0.29, 0.717) is 90.3 Å². The summed E-state index contributed by atoms with van der Waals surface area (Å²) in [5.74, 6) is -3.14. The van der Waals surface area contributed by atoms with E-state index in [1.165, 1.54) is 5.56 Å². The molecular weight excluding hydrogens is 1100 g/mol. The fourth-order valence-corrected chi connectivity index (χ4v) is 9.22. The van der Waals surface area contributed by atoms with Crippen LogP contribution in [0.15, 0.2) is 24.3 Å². The second kappa shape index (κ2) is 35.6. The molecule has 0 aliphatic rings. The van der Waals surface area contributed by atoms with Crippen molar-refractivity contribution in [2.75, 3.05) is 19.6 Å². The van der Waals surface area contributed by atoms with Gasteiger partial charge in [0.05, 0.1) is 6.04 Å². The standard InChI is InChI=1S/C62H106IN5O10/c1-58(2,3)38-37-46(59(4,5)6)43-53(72)68-50(60(7,8)9)35-36-52(71)65-39-22-18-16-17-19-28-48(69)42-45(27-20-23-41-66-57(76)78-62(13,14)15)55(74)67-49(54(73)56(75)77-61(10,11)12)29-21-24-40-64-51(70)30-25-26-44-31-33-47(63)34-32-44/h31-34,45-46,49-50H,16-30,35-43H2,1-15H3,(H,64,70)(H,65,71)(H,66,76)(H,67,74)(H,68,72)/t45?,46?,49-,50?/m0/s1. The number of aryl methyl sites for hydroxylation is 1. The molecule has 1 rings (SSSR count). The molecule has 0 heterocycles. The van der Waals surface area contributed by atoms with Crippen molar-refractivity contribution in [3.63, 3.8) is 0 Å². The minimum atomic E-state index is -1.19. The van der Waals surface area contributed by atoms with Crippen LogP contribution >= 0.6 is 22.6 Å². The lowest BCUT2D eigenvalue weighted by molar-refractivity contribution is -0.163. The Bertz CT molecular complexity index is 2010. The number of esters is 1. The van der Waals surface area contributed by atoms with Gasteiger partial charge in [0.25, 0.3) is 5.78 Å². The Kier molecular flexibility index (Phi) is 32.8. The molecule has 0 spiro atoms. The molecule has 1 aromatic rings. The highest BCUT2D eigenvalue weighted by atomic mass is 127. The molecule has 15 nitrogen and oxygen atoms in total. The van der Waals surface area contributed by atoms with Crippen molar-refractivity contribution < 1.29 is 47.8 Å². The molecule has 0 aliphatic carbocycles. The molecule has 0 aromatic heterocycles. The Labute approximate surface area is 484 Å². The number of amides is 5. The van der Waals surface area contributed by atoms with Gasteiger partial charge in [-0.15, -0.1) is 0 Å². The number of ether oxygens (including phenoxy) is 2. The predicted molar refractivity (Wildman–Crippen MR) is 321 cm³/mol. The Morgan fingerprint density at radius 2 is 1.05 bits per heavy atom. The highest BCUT2D eigenvalue weighted by Crippen LogP contribution is 2.36.